The number of hydrogen-bond acceptors (Lipinski definition) is 7. The van der Waals surface area contributed by atoms with Gasteiger partial charge in [-0.05, 0) is 57.8 Å². The summed E-state index contributed by atoms with van der Waals surface area (Å²) in [6.07, 6.45) is 33.6. The van der Waals surface area contributed by atoms with E-state index in [1.54, 1.807) is 0 Å². The molecule has 3 N–H and O–H groups in total. The molecule has 0 aliphatic heterocycles. The molecule has 10 heteroatoms. The van der Waals surface area contributed by atoms with Gasteiger partial charge in [-0.2, -0.15) is 0 Å². The highest BCUT2D eigenvalue weighted by molar-refractivity contribution is 7.46. The Labute approximate surface area is 278 Å². The second-order valence-corrected chi connectivity index (χ2v) is 12.9. The number of aliphatic hydroxyl groups excluding tert-OH is 1. The largest absolute Gasteiger partial charge is 0.469 e. The number of carbonyl (C=O) groups is 2. The Hall–Kier alpha value is -2.03. The number of allylic oxidation sites excluding steroid dienone is 8. The molecular formula is C36H63O9P. The second-order valence-electron chi connectivity index (χ2n) is 11.6. The van der Waals surface area contributed by atoms with Crippen molar-refractivity contribution in [1.29, 1.82) is 0 Å². The van der Waals surface area contributed by atoms with Crippen LogP contribution in [0.1, 0.15) is 142 Å². The van der Waals surface area contributed by atoms with Gasteiger partial charge in [0.15, 0.2) is 6.10 Å². The van der Waals surface area contributed by atoms with Crippen LogP contribution < -0.4 is 0 Å². The highest BCUT2D eigenvalue weighted by Crippen LogP contribution is 2.35. The lowest BCUT2D eigenvalue weighted by Crippen LogP contribution is -2.29. The van der Waals surface area contributed by atoms with Crippen LogP contribution in [0.4, 0.5) is 0 Å². The van der Waals surface area contributed by atoms with Gasteiger partial charge in [-0.25, -0.2) is 4.57 Å². The van der Waals surface area contributed by atoms with E-state index in [2.05, 4.69) is 47.9 Å². The number of rotatable bonds is 31. The van der Waals surface area contributed by atoms with E-state index in [1.807, 2.05) is 19.1 Å². The first kappa shape index (κ1) is 44.0. The number of hydrogen-bond donors (Lipinski definition) is 3. The van der Waals surface area contributed by atoms with Crippen molar-refractivity contribution in [2.24, 2.45) is 0 Å². The van der Waals surface area contributed by atoms with Crippen molar-refractivity contribution in [3.8, 4) is 0 Å². The summed E-state index contributed by atoms with van der Waals surface area (Å²) in [5.41, 5.74) is 0. The number of ether oxygens (including phenoxy) is 2. The van der Waals surface area contributed by atoms with Crippen LogP contribution in [0.3, 0.4) is 0 Å². The molecule has 0 fully saturated rings. The normalized spacial score (nSPS) is 13.8. The van der Waals surface area contributed by atoms with Crippen LogP contribution in [0.5, 0.6) is 0 Å². The van der Waals surface area contributed by atoms with Crippen molar-refractivity contribution in [1.82, 2.24) is 0 Å². The Morgan fingerprint density at radius 3 is 1.70 bits per heavy atom. The summed E-state index contributed by atoms with van der Waals surface area (Å²) in [7, 11) is -4.76. The Morgan fingerprint density at radius 2 is 1.15 bits per heavy atom. The number of esters is 2. The Bertz CT molecular complexity index is 907. The van der Waals surface area contributed by atoms with Crippen molar-refractivity contribution in [3.63, 3.8) is 0 Å². The summed E-state index contributed by atoms with van der Waals surface area (Å²) in [5.74, 6) is -0.974. The lowest BCUT2D eigenvalue weighted by Gasteiger charge is -2.18. The maximum absolute atomic E-state index is 12.3. The van der Waals surface area contributed by atoms with Crippen LogP contribution in [-0.4, -0.2) is 52.3 Å². The summed E-state index contributed by atoms with van der Waals surface area (Å²) in [6.45, 7) is 3.31. The highest BCUT2D eigenvalue weighted by Gasteiger charge is 2.22. The topological polar surface area (TPSA) is 140 Å². The molecule has 0 spiro atoms. The van der Waals surface area contributed by atoms with Gasteiger partial charge in [0.05, 0.1) is 12.7 Å². The molecule has 46 heavy (non-hydrogen) atoms. The van der Waals surface area contributed by atoms with Crippen molar-refractivity contribution >= 4 is 19.8 Å². The lowest BCUT2D eigenvalue weighted by molar-refractivity contribution is -0.161. The van der Waals surface area contributed by atoms with Crippen molar-refractivity contribution < 1.29 is 43.0 Å². The predicted molar refractivity (Wildman–Crippen MR) is 185 cm³/mol. The Balaban J connectivity index is 4.11. The molecular weight excluding hydrogens is 607 g/mol. The zero-order chi connectivity index (χ0) is 34.1. The van der Waals surface area contributed by atoms with E-state index in [-0.39, 0.29) is 25.6 Å². The monoisotopic (exact) mass is 670 g/mol. The van der Waals surface area contributed by atoms with Gasteiger partial charge in [-0.3, -0.25) is 14.1 Å². The number of carbonyl (C=O) groups excluding carboxylic acids is 2. The smallest absolute Gasteiger partial charge is 0.462 e. The number of phosphoric ester groups is 1. The maximum atomic E-state index is 12.3. The SMILES string of the molecule is CCCCCCCCCCCCC(=O)O[C@H](COC(=O)CCC/C=C\C/C=C\C/C=C\C/C=C\CC[C@@H](O)CC)COP(=O)(O)O. The Morgan fingerprint density at radius 1 is 0.652 bits per heavy atom. The van der Waals surface area contributed by atoms with Crippen LogP contribution in [0, 0.1) is 0 Å². The van der Waals surface area contributed by atoms with E-state index in [0.29, 0.717) is 19.3 Å². The molecule has 0 aliphatic rings. The quantitative estimate of drug-likeness (QED) is 0.0285. The second kappa shape index (κ2) is 31.6. The van der Waals surface area contributed by atoms with E-state index < -0.39 is 32.5 Å². The third-order valence-corrected chi connectivity index (χ3v) is 7.75. The summed E-state index contributed by atoms with van der Waals surface area (Å²) in [5, 5.41) is 9.52. The molecule has 0 heterocycles. The molecule has 0 aliphatic carbocycles. The van der Waals surface area contributed by atoms with E-state index in [1.165, 1.54) is 38.5 Å². The van der Waals surface area contributed by atoms with Crippen molar-refractivity contribution in [2.75, 3.05) is 13.2 Å². The van der Waals surface area contributed by atoms with E-state index >= 15 is 0 Å². The van der Waals surface area contributed by atoms with Gasteiger partial charge in [0, 0.05) is 12.8 Å². The third-order valence-electron chi connectivity index (χ3n) is 7.26. The number of aliphatic hydroxyl groups is 1. The highest BCUT2D eigenvalue weighted by atomic mass is 31.2. The molecule has 0 unspecified atom stereocenters. The van der Waals surface area contributed by atoms with Gasteiger partial charge in [0.1, 0.15) is 6.61 Å². The molecule has 0 bridgehead atoms. The minimum atomic E-state index is -4.76. The summed E-state index contributed by atoms with van der Waals surface area (Å²) < 4.78 is 26.1. The third kappa shape index (κ3) is 33.3. The molecule has 0 saturated carbocycles. The minimum absolute atomic E-state index is 0.178. The zero-order valence-corrected chi connectivity index (χ0v) is 29.5. The first-order chi connectivity index (χ1) is 22.2. The van der Waals surface area contributed by atoms with Crippen LogP contribution >= 0.6 is 7.82 Å². The minimum Gasteiger partial charge on any atom is -0.462 e. The van der Waals surface area contributed by atoms with E-state index in [9.17, 15) is 19.3 Å². The van der Waals surface area contributed by atoms with Gasteiger partial charge in [-0.1, -0.05) is 120 Å². The van der Waals surface area contributed by atoms with Gasteiger partial charge in [0.2, 0.25) is 0 Å². The summed E-state index contributed by atoms with van der Waals surface area (Å²) in [6, 6.07) is 0. The molecule has 0 saturated heterocycles. The summed E-state index contributed by atoms with van der Waals surface area (Å²) >= 11 is 0. The average Bonchev–Trinajstić information content (AvgIpc) is 3.02. The van der Waals surface area contributed by atoms with Crippen molar-refractivity contribution in [2.45, 2.75) is 154 Å². The molecule has 0 amide bonds. The van der Waals surface area contributed by atoms with Gasteiger partial charge in [0.25, 0.3) is 0 Å². The van der Waals surface area contributed by atoms with Crippen LogP contribution in [0.25, 0.3) is 0 Å². The molecule has 0 radical (unpaired) electrons. The Kier molecular flexibility index (Phi) is 30.2. The first-order valence-corrected chi connectivity index (χ1v) is 19.0. The zero-order valence-electron chi connectivity index (χ0n) is 28.6. The summed E-state index contributed by atoms with van der Waals surface area (Å²) in [4.78, 5) is 42.5. The van der Waals surface area contributed by atoms with Gasteiger partial charge in [-0.15, -0.1) is 0 Å². The molecule has 2 atom stereocenters. The van der Waals surface area contributed by atoms with Crippen LogP contribution in [0.2, 0.25) is 0 Å². The van der Waals surface area contributed by atoms with E-state index in [4.69, 9.17) is 19.3 Å². The molecule has 0 aromatic heterocycles. The standard InChI is InChI=1S/C36H63O9P/c1-3-5-6-7-8-9-17-21-24-27-30-36(39)45-34(32-44-46(40,41)42)31-43-35(38)29-26-23-20-18-15-13-11-10-12-14-16-19-22-25-28-33(37)4-2/h11-14,18-20,22,33-34,37H,3-10,15-17,21,23-32H2,1-2H3,(H2,40,41,42)/b13-11-,14-12-,20-18-,22-19-/t33-,34+/m0/s1. The fourth-order valence-corrected chi connectivity index (χ4v) is 4.82. The predicted octanol–water partition coefficient (Wildman–Crippen LogP) is 8.98. The van der Waals surface area contributed by atoms with Gasteiger partial charge < -0.3 is 24.4 Å². The maximum Gasteiger partial charge on any atom is 0.469 e. The number of phosphoric acid groups is 1. The van der Waals surface area contributed by atoms with Gasteiger partial charge >= 0.3 is 19.8 Å². The molecule has 9 nitrogen and oxygen atoms in total. The number of unbranched alkanes of at least 4 members (excludes halogenated alkanes) is 10. The lowest BCUT2D eigenvalue weighted by atomic mass is 10.1. The molecule has 0 aromatic carbocycles. The fraction of sp³-hybridized carbons (Fsp3) is 0.722. The molecule has 0 aromatic rings. The first-order valence-electron chi connectivity index (χ1n) is 17.5. The van der Waals surface area contributed by atoms with Crippen LogP contribution in [-0.2, 0) is 28.2 Å². The van der Waals surface area contributed by atoms with Crippen LogP contribution in [0.15, 0.2) is 48.6 Å². The van der Waals surface area contributed by atoms with E-state index in [0.717, 1.165) is 57.8 Å². The average molecular weight is 671 g/mol. The fourth-order valence-electron chi connectivity index (χ4n) is 4.46. The molecule has 0 rings (SSSR count). The van der Waals surface area contributed by atoms with Crippen molar-refractivity contribution in [3.05, 3.63) is 48.6 Å². The molecule has 266 valence electrons.